The molecule has 1 rings (SSSR count). The fourth-order valence-electron chi connectivity index (χ4n) is 1.80. The van der Waals surface area contributed by atoms with Crippen LogP contribution in [0.25, 0.3) is 0 Å². The van der Waals surface area contributed by atoms with Crippen LogP contribution in [-0.4, -0.2) is 36.7 Å². The fraction of sp³-hybridized carbons (Fsp3) is 0.429. The summed E-state index contributed by atoms with van der Waals surface area (Å²) in [6.45, 7) is 2.27. The molecule has 0 radical (unpaired) electrons. The van der Waals surface area contributed by atoms with Crippen LogP contribution in [0.2, 0.25) is 5.02 Å². The molecule has 0 aliphatic carbocycles. The Labute approximate surface area is 122 Å². The Hall–Kier alpha value is -1.59. The van der Waals surface area contributed by atoms with Crippen LogP contribution < -0.4 is 5.32 Å². The van der Waals surface area contributed by atoms with Crippen molar-refractivity contribution < 1.29 is 19.4 Å². The molecule has 1 aromatic carbocycles. The molecular formula is C14H18ClNO4. The average molecular weight is 300 g/mol. The number of benzene rings is 1. The van der Waals surface area contributed by atoms with Crippen molar-refractivity contribution in [3.8, 4) is 0 Å². The van der Waals surface area contributed by atoms with E-state index in [0.717, 1.165) is 5.56 Å². The van der Waals surface area contributed by atoms with Gasteiger partial charge in [-0.05, 0) is 43.5 Å². The minimum atomic E-state index is -1.06. The number of hydrogen-bond acceptors (Lipinski definition) is 3. The Morgan fingerprint density at radius 2 is 2.10 bits per heavy atom. The number of carboxylic acids is 1. The second-order valence-corrected chi connectivity index (χ2v) is 4.95. The van der Waals surface area contributed by atoms with Gasteiger partial charge in [-0.15, -0.1) is 0 Å². The summed E-state index contributed by atoms with van der Waals surface area (Å²) in [5, 5.41) is 12.0. The van der Waals surface area contributed by atoms with E-state index in [1.165, 1.54) is 6.07 Å². The van der Waals surface area contributed by atoms with Gasteiger partial charge in [0.1, 0.15) is 6.04 Å². The van der Waals surface area contributed by atoms with Crippen LogP contribution in [0.3, 0.4) is 0 Å². The number of amides is 1. The molecule has 0 aliphatic heterocycles. The number of aliphatic carboxylic acids is 1. The van der Waals surface area contributed by atoms with Gasteiger partial charge in [0.25, 0.3) is 5.91 Å². The molecule has 20 heavy (non-hydrogen) atoms. The third kappa shape index (κ3) is 5.19. The Bertz CT molecular complexity index is 470. The van der Waals surface area contributed by atoms with Crippen molar-refractivity contribution in [3.05, 3.63) is 34.3 Å². The number of methoxy groups -OCH3 is 1. The molecule has 0 bridgehead atoms. The monoisotopic (exact) mass is 299 g/mol. The molecule has 1 atom stereocenters. The van der Waals surface area contributed by atoms with Gasteiger partial charge >= 0.3 is 5.97 Å². The van der Waals surface area contributed by atoms with Gasteiger partial charge in [0.05, 0.1) is 0 Å². The second kappa shape index (κ2) is 7.87. The molecule has 0 spiro atoms. The lowest BCUT2D eigenvalue weighted by atomic mass is 10.1. The molecule has 0 saturated heterocycles. The zero-order valence-corrected chi connectivity index (χ0v) is 12.2. The van der Waals surface area contributed by atoms with Gasteiger partial charge in [-0.1, -0.05) is 11.6 Å². The molecule has 1 aromatic rings. The first-order valence-corrected chi connectivity index (χ1v) is 6.61. The summed E-state index contributed by atoms with van der Waals surface area (Å²) in [5.41, 5.74) is 1.20. The maximum Gasteiger partial charge on any atom is 0.326 e. The van der Waals surface area contributed by atoms with Crippen LogP contribution in [0.1, 0.15) is 28.8 Å². The molecule has 6 heteroatoms. The Morgan fingerprint density at radius 1 is 1.40 bits per heavy atom. The van der Waals surface area contributed by atoms with E-state index >= 15 is 0 Å². The van der Waals surface area contributed by atoms with E-state index < -0.39 is 17.9 Å². The quantitative estimate of drug-likeness (QED) is 0.757. The number of halogens is 1. The first-order valence-electron chi connectivity index (χ1n) is 6.24. The molecule has 0 heterocycles. The van der Waals surface area contributed by atoms with Crippen LogP contribution >= 0.6 is 11.6 Å². The molecule has 0 aromatic heterocycles. The number of hydrogen-bond donors (Lipinski definition) is 2. The lowest BCUT2D eigenvalue weighted by molar-refractivity contribution is -0.139. The smallest absolute Gasteiger partial charge is 0.326 e. The van der Waals surface area contributed by atoms with E-state index in [0.29, 0.717) is 30.0 Å². The van der Waals surface area contributed by atoms with E-state index in [1.807, 2.05) is 6.92 Å². The van der Waals surface area contributed by atoms with Gasteiger partial charge in [-0.3, -0.25) is 4.79 Å². The van der Waals surface area contributed by atoms with E-state index in [4.69, 9.17) is 21.4 Å². The maximum absolute atomic E-state index is 12.0. The summed E-state index contributed by atoms with van der Waals surface area (Å²) in [5.74, 6) is -1.51. The van der Waals surface area contributed by atoms with Crippen LogP contribution in [-0.2, 0) is 9.53 Å². The largest absolute Gasteiger partial charge is 0.480 e. The average Bonchev–Trinajstić information content (AvgIpc) is 2.36. The SMILES string of the molecule is COCCCC(NC(=O)c1cc(C)cc(Cl)c1)C(=O)O. The summed E-state index contributed by atoms with van der Waals surface area (Å²) < 4.78 is 4.87. The third-order valence-electron chi connectivity index (χ3n) is 2.75. The highest BCUT2D eigenvalue weighted by molar-refractivity contribution is 6.31. The Balaban J connectivity index is 2.72. The molecule has 0 saturated carbocycles. The van der Waals surface area contributed by atoms with Crippen LogP contribution in [0.4, 0.5) is 0 Å². The van der Waals surface area contributed by atoms with Gasteiger partial charge in [0, 0.05) is 24.3 Å². The molecule has 2 N–H and O–H groups in total. The standard InChI is InChI=1S/C14H18ClNO4/c1-9-6-10(8-11(15)7-9)13(17)16-12(14(18)19)4-3-5-20-2/h6-8,12H,3-5H2,1-2H3,(H,16,17)(H,18,19). The number of carbonyl (C=O) groups excluding carboxylic acids is 1. The summed E-state index contributed by atoms with van der Waals surface area (Å²) >= 11 is 5.88. The number of rotatable bonds is 7. The predicted octanol–water partition coefficient (Wildman–Crippen LogP) is 2.26. The number of carbonyl (C=O) groups is 2. The Morgan fingerprint density at radius 3 is 2.65 bits per heavy atom. The first kappa shape index (κ1) is 16.5. The minimum Gasteiger partial charge on any atom is -0.480 e. The summed E-state index contributed by atoms with van der Waals surface area (Å²) in [6, 6.07) is 3.97. The first-order chi connectivity index (χ1) is 9.43. The highest BCUT2D eigenvalue weighted by Gasteiger charge is 2.20. The van der Waals surface area contributed by atoms with Crippen molar-refractivity contribution in [3.63, 3.8) is 0 Å². The molecule has 0 aliphatic rings. The van der Waals surface area contributed by atoms with Crippen molar-refractivity contribution >= 4 is 23.5 Å². The maximum atomic E-state index is 12.0. The van der Waals surface area contributed by atoms with Gasteiger partial charge < -0.3 is 15.2 Å². The normalized spacial score (nSPS) is 11.9. The third-order valence-corrected chi connectivity index (χ3v) is 2.97. The van der Waals surface area contributed by atoms with Crippen LogP contribution in [0.15, 0.2) is 18.2 Å². The van der Waals surface area contributed by atoms with E-state index in [9.17, 15) is 9.59 Å². The number of aryl methyl sites for hydroxylation is 1. The molecular weight excluding hydrogens is 282 g/mol. The summed E-state index contributed by atoms with van der Waals surface area (Å²) in [7, 11) is 1.54. The van der Waals surface area contributed by atoms with Gasteiger partial charge in [0.2, 0.25) is 0 Å². The van der Waals surface area contributed by atoms with E-state index in [-0.39, 0.29) is 0 Å². The highest BCUT2D eigenvalue weighted by atomic mass is 35.5. The van der Waals surface area contributed by atoms with Crippen LogP contribution in [0.5, 0.6) is 0 Å². The molecule has 1 amide bonds. The lowest BCUT2D eigenvalue weighted by Gasteiger charge is -2.14. The molecule has 1 unspecified atom stereocenters. The van der Waals surface area contributed by atoms with Crippen molar-refractivity contribution in [2.24, 2.45) is 0 Å². The fourth-order valence-corrected chi connectivity index (χ4v) is 2.09. The zero-order valence-electron chi connectivity index (χ0n) is 11.5. The minimum absolute atomic E-state index is 0.314. The Kier molecular flexibility index (Phi) is 6.48. The number of carboxylic acid groups (broad SMARTS) is 1. The van der Waals surface area contributed by atoms with Gasteiger partial charge in [-0.2, -0.15) is 0 Å². The molecule has 5 nitrogen and oxygen atoms in total. The van der Waals surface area contributed by atoms with Gasteiger partial charge in [-0.25, -0.2) is 4.79 Å². The summed E-state index contributed by atoms with van der Waals surface area (Å²) in [4.78, 5) is 23.1. The molecule has 0 fully saturated rings. The zero-order chi connectivity index (χ0) is 15.1. The molecule has 110 valence electrons. The van der Waals surface area contributed by atoms with Crippen molar-refractivity contribution in [1.29, 1.82) is 0 Å². The van der Waals surface area contributed by atoms with Crippen molar-refractivity contribution in [2.75, 3.05) is 13.7 Å². The van der Waals surface area contributed by atoms with Crippen molar-refractivity contribution in [2.45, 2.75) is 25.8 Å². The highest BCUT2D eigenvalue weighted by Crippen LogP contribution is 2.14. The topological polar surface area (TPSA) is 75.6 Å². The predicted molar refractivity (Wildman–Crippen MR) is 76.2 cm³/mol. The second-order valence-electron chi connectivity index (χ2n) is 4.52. The number of ether oxygens (including phenoxy) is 1. The van der Waals surface area contributed by atoms with E-state index in [2.05, 4.69) is 5.32 Å². The lowest BCUT2D eigenvalue weighted by Crippen LogP contribution is -2.40. The summed E-state index contributed by atoms with van der Waals surface area (Å²) in [6.07, 6.45) is 0.872. The van der Waals surface area contributed by atoms with E-state index in [1.54, 1.807) is 19.2 Å². The van der Waals surface area contributed by atoms with Crippen molar-refractivity contribution in [1.82, 2.24) is 5.32 Å². The van der Waals surface area contributed by atoms with Crippen LogP contribution in [0, 0.1) is 6.92 Å². The number of nitrogens with one attached hydrogen (secondary N) is 1. The van der Waals surface area contributed by atoms with Gasteiger partial charge in [0.15, 0.2) is 0 Å².